The second-order valence-corrected chi connectivity index (χ2v) is 6.28. The first-order chi connectivity index (χ1) is 7.82. The van der Waals surface area contributed by atoms with Gasteiger partial charge in [-0.1, -0.05) is 6.92 Å². The minimum atomic E-state index is -0.127. The average Bonchev–Trinajstić information content (AvgIpc) is 2.25. The van der Waals surface area contributed by atoms with Gasteiger partial charge in [0.2, 0.25) is 5.91 Å². The predicted octanol–water partition coefficient (Wildman–Crippen LogP) is 2.41. The highest BCUT2D eigenvalue weighted by atomic mass is 32.2. The third-order valence-electron chi connectivity index (χ3n) is 3.03. The van der Waals surface area contributed by atoms with E-state index in [1.807, 2.05) is 18.7 Å². The number of rotatable bonds is 8. The van der Waals surface area contributed by atoms with Gasteiger partial charge in [-0.2, -0.15) is 11.8 Å². The molecule has 2 N–H and O–H groups in total. The Kier molecular flexibility index (Phi) is 7.88. The third-order valence-corrected chi connectivity index (χ3v) is 3.67. The Morgan fingerprint density at radius 2 is 1.94 bits per heavy atom. The molecular weight excluding hydrogens is 232 g/mol. The molecule has 0 fully saturated rings. The summed E-state index contributed by atoms with van der Waals surface area (Å²) in [7, 11) is 0. The standard InChI is InChI=1S/C13H28N2OS/c1-7-13(4,5)15-12(16)11(3)14-10(2)8-9-17-6/h10-11,14H,7-9H2,1-6H3,(H,15,16). The minimum absolute atomic E-state index is 0.0906. The first kappa shape index (κ1) is 16.8. The lowest BCUT2D eigenvalue weighted by atomic mass is 10.0. The van der Waals surface area contributed by atoms with Gasteiger partial charge in [-0.25, -0.2) is 0 Å². The van der Waals surface area contributed by atoms with E-state index in [2.05, 4.69) is 44.6 Å². The molecule has 102 valence electrons. The topological polar surface area (TPSA) is 41.1 Å². The van der Waals surface area contributed by atoms with Gasteiger partial charge in [-0.3, -0.25) is 4.79 Å². The monoisotopic (exact) mass is 260 g/mol. The molecular formula is C13H28N2OS. The van der Waals surface area contributed by atoms with Crippen LogP contribution in [0, 0.1) is 0 Å². The minimum Gasteiger partial charge on any atom is -0.350 e. The molecule has 0 heterocycles. The smallest absolute Gasteiger partial charge is 0.237 e. The Labute approximate surface area is 111 Å². The fourth-order valence-corrected chi connectivity index (χ4v) is 2.00. The fraction of sp³-hybridized carbons (Fsp3) is 0.923. The molecule has 0 saturated carbocycles. The van der Waals surface area contributed by atoms with Crippen LogP contribution < -0.4 is 10.6 Å². The normalized spacial score (nSPS) is 15.4. The van der Waals surface area contributed by atoms with Gasteiger partial charge in [0.25, 0.3) is 0 Å². The van der Waals surface area contributed by atoms with Gasteiger partial charge in [-0.05, 0) is 52.5 Å². The van der Waals surface area contributed by atoms with Crippen molar-refractivity contribution in [1.82, 2.24) is 10.6 Å². The number of hydrogen-bond acceptors (Lipinski definition) is 3. The summed E-state index contributed by atoms with van der Waals surface area (Å²) in [4.78, 5) is 11.9. The summed E-state index contributed by atoms with van der Waals surface area (Å²) in [6.07, 6.45) is 4.13. The quantitative estimate of drug-likeness (QED) is 0.704. The average molecular weight is 260 g/mol. The van der Waals surface area contributed by atoms with Crippen molar-refractivity contribution < 1.29 is 4.79 Å². The Balaban J connectivity index is 4.05. The molecule has 0 spiro atoms. The van der Waals surface area contributed by atoms with Crippen molar-refractivity contribution in [1.29, 1.82) is 0 Å². The molecule has 2 unspecified atom stereocenters. The highest BCUT2D eigenvalue weighted by molar-refractivity contribution is 7.98. The zero-order valence-electron chi connectivity index (χ0n) is 12.1. The van der Waals surface area contributed by atoms with Crippen LogP contribution >= 0.6 is 11.8 Å². The summed E-state index contributed by atoms with van der Waals surface area (Å²) in [5.41, 5.74) is -0.116. The van der Waals surface area contributed by atoms with Gasteiger partial charge in [0, 0.05) is 11.6 Å². The summed E-state index contributed by atoms with van der Waals surface area (Å²) < 4.78 is 0. The zero-order valence-corrected chi connectivity index (χ0v) is 12.9. The SMILES string of the molecule is CCC(C)(C)NC(=O)C(C)NC(C)CCSC. The molecule has 0 aliphatic carbocycles. The van der Waals surface area contributed by atoms with Crippen LogP contribution in [0.4, 0.5) is 0 Å². The van der Waals surface area contributed by atoms with Crippen molar-refractivity contribution in [2.45, 2.75) is 65.1 Å². The second kappa shape index (κ2) is 7.98. The molecule has 0 aromatic rings. The molecule has 3 nitrogen and oxygen atoms in total. The number of thioether (sulfide) groups is 1. The summed E-state index contributed by atoms with van der Waals surface area (Å²) in [6, 6.07) is 0.255. The molecule has 0 bridgehead atoms. The first-order valence-corrected chi connectivity index (χ1v) is 7.78. The number of hydrogen-bond donors (Lipinski definition) is 2. The Bertz CT molecular complexity index is 231. The Morgan fingerprint density at radius 1 is 1.35 bits per heavy atom. The van der Waals surface area contributed by atoms with E-state index in [0.29, 0.717) is 6.04 Å². The van der Waals surface area contributed by atoms with E-state index in [1.54, 1.807) is 0 Å². The molecule has 0 aromatic carbocycles. The van der Waals surface area contributed by atoms with Gasteiger partial charge >= 0.3 is 0 Å². The Morgan fingerprint density at radius 3 is 2.41 bits per heavy atom. The maximum absolute atomic E-state index is 11.9. The molecule has 0 rings (SSSR count). The maximum atomic E-state index is 11.9. The number of nitrogens with one attached hydrogen (secondary N) is 2. The summed E-state index contributed by atoms with van der Waals surface area (Å²) in [5.74, 6) is 1.22. The number of amides is 1. The van der Waals surface area contributed by atoms with E-state index in [-0.39, 0.29) is 17.5 Å². The van der Waals surface area contributed by atoms with Gasteiger partial charge in [0.05, 0.1) is 6.04 Å². The van der Waals surface area contributed by atoms with Crippen molar-refractivity contribution >= 4 is 17.7 Å². The molecule has 0 radical (unpaired) electrons. The van der Waals surface area contributed by atoms with Gasteiger partial charge in [-0.15, -0.1) is 0 Å². The van der Waals surface area contributed by atoms with Crippen LogP contribution in [-0.2, 0) is 4.79 Å². The largest absolute Gasteiger partial charge is 0.350 e. The highest BCUT2D eigenvalue weighted by Crippen LogP contribution is 2.07. The molecule has 1 amide bonds. The lowest BCUT2D eigenvalue weighted by molar-refractivity contribution is -0.124. The second-order valence-electron chi connectivity index (χ2n) is 5.30. The van der Waals surface area contributed by atoms with Crippen LogP contribution in [0.5, 0.6) is 0 Å². The van der Waals surface area contributed by atoms with Crippen LogP contribution in [0.1, 0.15) is 47.5 Å². The summed E-state index contributed by atoms with van der Waals surface area (Å²) in [5, 5.41) is 6.40. The molecule has 2 atom stereocenters. The van der Waals surface area contributed by atoms with Gasteiger partial charge in [0.15, 0.2) is 0 Å². The molecule has 0 aliphatic rings. The number of carbonyl (C=O) groups excluding carboxylic acids is 1. The fourth-order valence-electron chi connectivity index (χ4n) is 1.41. The van der Waals surface area contributed by atoms with E-state index in [9.17, 15) is 4.79 Å². The third kappa shape index (κ3) is 7.66. The highest BCUT2D eigenvalue weighted by Gasteiger charge is 2.22. The Hall–Kier alpha value is -0.220. The summed E-state index contributed by atoms with van der Waals surface area (Å²) in [6.45, 7) is 10.2. The van der Waals surface area contributed by atoms with Gasteiger partial charge < -0.3 is 10.6 Å². The molecule has 0 aromatic heterocycles. The lowest BCUT2D eigenvalue weighted by Crippen LogP contribution is -2.52. The number of carbonyl (C=O) groups is 1. The van der Waals surface area contributed by atoms with E-state index in [1.165, 1.54) is 0 Å². The van der Waals surface area contributed by atoms with E-state index < -0.39 is 0 Å². The van der Waals surface area contributed by atoms with Crippen LogP contribution in [0.15, 0.2) is 0 Å². The van der Waals surface area contributed by atoms with Crippen LogP contribution in [0.3, 0.4) is 0 Å². The van der Waals surface area contributed by atoms with Crippen molar-refractivity contribution in [2.24, 2.45) is 0 Å². The van der Waals surface area contributed by atoms with Crippen LogP contribution in [0.2, 0.25) is 0 Å². The zero-order chi connectivity index (χ0) is 13.5. The lowest BCUT2D eigenvalue weighted by Gasteiger charge is -2.28. The van der Waals surface area contributed by atoms with E-state index in [4.69, 9.17) is 0 Å². The predicted molar refractivity (Wildman–Crippen MR) is 77.6 cm³/mol. The van der Waals surface area contributed by atoms with Crippen molar-refractivity contribution in [3.8, 4) is 0 Å². The van der Waals surface area contributed by atoms with Crippen LogP contribution in [-0.4, -0.2) is 35.5 Å². The molecule has 0 saturated heterocycles. The molecule has 4 heteroatoms. The van der Waals surface area contributed by atoms with Crippen molar-refractivity contribution in [2.75, 3.05) is 12.0 Å². The van der Waals surface area contributed by atoms with Gasteiger partial charge in [0.1, 0.15) is 0 Å². The van der Waals surface area contributed by atoms with E-state index in [0.717, 1.165) is 18.6 Å². The molecule has 17 heavy (non-hydrogen) atoms. The first-order valence-electron chi connectivity index (χ1n) is 6.39. The van der Waals surface area contributed by atoms with Crippen LogP contribution in [0.25, 0.3) is 0 Å². The summed E-state index contributed by atoms with van der Waals surface area (Å²) >= 11 is 1.84. The van der Waals surface area contributed by atoms with Crippen molar-refractivity contribution in [3.63, 3.8) is 0 Å². The maximum Gasteiger partial charge on any atom is 0.237 e. The van der Waals surface area contributed by atoms with Crippen molar-refractivity contribution in [3.05, 3.63) is 0 Å². The van der Waals surface area contributed by atoms with E-state index >= 15 is 0 Å². The molecule has 0 aliphatic heterocycles.